The fourth-order valence-electron chi connectivity index (χ4n) is 8.34. The third-order valence-electron chi connectivity index (χ3n) is 11.8. The van der Waals surface area contributed by atoms with Crippen LogP contribution in [0.1, 0.15) is 60.3 Å². The lowest BCUT2D eigenvalue weighted by Crippen LogP contribution is -2.15. The molecule has 2 atom stereocenters. The number of allylic oxidation sites excluding steroid dienone is 20. The Kier molecular flexibility index (Phi) is 13.2. The second-order valence-corrected chi connectivity index (χ2v) is 16.7. The van der Waals surface area contributed by atoms with E-state index in [0.717, 1.165) is 42.8 Å². The van der Waals surface area contributed by atoms with Gasteiger partial charge in [0.2, 0.25) is 0 Å². The van der Waals surface area contributed by atoms with E-state index in [1.165, 1.54) is 55.7 Å². The Morgan fingerprint density at radius 1 is 0.797 bits per heavy atom. The van der Waals surface area contributed by atoms with Crippen molar-refractivity contribution in [3.05, 3.63) is 240 Å². The zero-order valence-electron chi connectivity index (χ0n) is 35.6. The van der Waals surface area contributed by atoms with E-state index in [-0.39, 0.29) is 11.3 Å². The summed E-state index contributed by atoms with van der Waals surface area (Å²) in [5.74, 6) is 0.704. The minimum absolute atomic E-state index is 0.0176. The molecule has 0 saturated carbocycles. The maximum atomic E-state index is 4.41. The molecule has 3 aliphatic rings. The summed E-state index contributed by atoms with van der Waals surface area (Å²) in [7, 11) is 0. The fourth-order valence-corrected chi connectivity index (χ4v) is 8.34. The average molecular weight is 770 g/mol. The van der Waals surface area contributed by atoms with Crippen LogP contribution in [0, 0.1) is 17.3 Å². The van der Waals surface area contributed by atoms with Crippen LogP contribution >= 0.6 is 0 Å². The van der Waals surface area contributed by atoms with Gasteiger partial charge in [-0.15, -0.1) is 0 Å². The van der Waals surface area contributed by atoms with E-state index in [0.29, 0.717) is 5.92 Å². The third kappa shape index (κ3) is 10.3. The molecule has 2 unspecified atom stereocenters. The molecule has 0 bridgehead atoms. The maximum Gasteiger partial charge on any atom is 0.0462 e. The quantitative estimate of drug-likeness (QED) is 0.137. The number of nitrogens with zero attached hydrogens (tertiary/aromatic N) is 1. The molecule has 59 heavy (non-hydrogen) atoms. The van der Waals surface area contributed by atoms with Crippen molar-refractivity contribution in [3.63, 3.8) is 0 Å². The Balaban J connectivity index is 1.24. The SMILES string of the molecule is C=C/C(=C\C(=C\C1C=CC(C2=C/C(C)CC(/C=C\C)=C\C(C)(C)\C(C)=C\2)=CC1)C1=CC=CCC1)N(c1ccc(-c2ccccc2)cc1)c1ccc(-c2ccccc2)cc1. The third-order valence-corrected chi connectivity index (χ3v) is 11.8. The molecule has 0 aromatic heterocycles. The lowest BCUT2D eigenvalue weighted by molar-refractivity contribution is 0.571. The molecule has 1 heteroatoms. The zero-order valence-corrected chi connectivity index (χ0v) is 35.6. The lowest BCUT2D eigenvalue weighted by atomic mass is 9.81. The van der Waals surface area contributed by atoms with Crippen molar-refractivity contribution in [2.75, 3.05) is 4.90 Å². The molecule has 0 N–H and O–H groups in total. The largest absolute Gasteiger partial charge is 0.311 e. The van der Waals surface area contributed by atoms with Gasteiger partial charge in [-0.2, -0.15) is 0 Å². The molecular formula is C58H59N. The molecule has 0 amide bonds. The number of rotatable bonds is 11. The van der Waals surface area contributed by atoms with Crippen LogP contribution in [0.25, 0.3) is 22.3 Å². The molecular weight excluding hydrogens is 711 g/mol. The molecule has 0 fully saturated rings. The monoisotopic (exact) mass is 769 g/mol. The van der Waals surface area contributed by atoms with Gasteiger partial charge in [-0.3, -0.25) is 0 Å². The molecule has 1 nitrogen and oxygen atoms in total. The van der Waals surface area contributed by atoms with E-state index in [1.807, 2.05) is 6.08 Å². The second-order valence-electron chi connectivity index (χ2n) is 16.7. The van der Waals surface area contributed by atoms with E-state index in [2.05, 4.69) is 234 Å². The van der Waals surface area contributed by atoms with Gasteiger partial charge in [0.1, 0.15) is 0 Å². The number of anilines is 2. The van der Waals surface area contributed by atoms with Crippen LogP contribution in [-0.2, 0) is 0 Å². The molecule has 3 aliphatic carbocycles. The van der Waals surface area contributed by atoms with Gasteiger partial charge >= 0.3 is 0 Å². The van der Waals surface area contributed by atoms with Gasteiger partial charge in [-0.25, -0.2) is 0 Å². The van der Waals surface area contributed by atoms with Gasteiger partial charge in [0, 0.05) is 22.5 Å². The minimum atomic E-state index is -0.0176. The first-order chi connectivity index (χ1) is 28.7. The van der Waals surface area contributed by atoms with Gasteiger partial charge in [0.05, 0.1) is 0 Å². The van der Waals surface area contributed by atoms with Crippen molar-refractivity contribution in [2.45, 2.75) is 60.3 Å². The number of benzene rings is 4. The van der Waals surface area contributed by atoms with Crippen LogP contribution in [-0.4, -0.2) is 0 Å². The Morgan fingerprint density at radius 2 is 1.41 bits per heavy atom. The Morgan fingerprint density at radius 3 is 1.93 bits per heavy atom. The summed E-state index contributed by atoms with van der Waals surface area (Å²) in [4.78, 5) is 2.34. The lowest BCUT2D eigenvalue weighted by Gasteiger charge is -2.28. The Hall–Kier alpha value is -6.18. The predicted molar refractivity (Wildman–Crippen MR) is 256 cm³/mol. The smallest absolute Gasteiger partial charge is 0.0462 e. The molecule has 7 rings (SSSR count). The Labute approximate surface area is 354 Å². The fraction of sp³-hybridized carbons (Fsp3) is 0.207. The number of hydrogen-bond acceptors (Lipinski definition) is 1. The van der Waals surface area contributed by atoms with E-state index < -0.39 is 0 Å². The van der Waals surface area contributed by atoms with Crippen molar-refractivity contribution in [1.29, 1.82) is 0 Å². The van der Waals surface area contributed by atoms with Gasteiger partial charge in [-0.1, -0.05) is 196 Å². The molecule has 0 spiro atoms. The van der Waals surface area contributed by atoms with Crippen LogP contribution in [0.3, 0.4) is 0 Å². The molecule has 0 radical (unpaired) electrons. The highest BCUT2D eigenvalue weighted by molar-refractivity contribution is 5.76. The van der Waals surface area contributed by atoms with E-state index in [9.17, 15) is 0 Å². The summed E-state index contributed by atoms with van der Waals surface area (Å²) in [6.45, 7) is 15.8. The second kappa shape index (κ2) is 19.0. The van der Waals surface area contributed by atoms with Crippen molar-refractivity contribution in [1.82, 2.24) is 0 Å². The highest BCUT2D eigenvalue weighted by Gasteiger charge is 2.22. The van der Waals surface area contributed by atoms with Crippen LogP contribution in [0.4, 0.5) is 11.4 Å². The van der Waals surface area contributed by atoms with Gasteiger partial charge < -0.3 is 4.90 Å². The van der Waals surface area contributed by atoms with Crippen molar-refractivity contribution >= 4 is 11.4 Å². The van der Waals surface area contributed by atoms with Crippen LogP contribution in [0.15, 0.2) is 240 Å². The van der Waals surface area contributed by atoms with Crippen LogP contribution < -0.4 is 4.90 Å². The van der Waals surface area contributed by atoms with Crippen LogP contribution in [0.5, 0.6) is 0 Å². The van der Waals surface area contributed by atoms with E-state index >= 15 is 0 Å². The van der Waals surface area contributed by atoms with Crippen LogP contribution in [0.2, 0.25) is 0 Å². The molecule has 4 aromatic rings. The normalized spacial score (nSPS) is 22.4. The van der Waals surface area contributed by atoms with Gasteiger partial charge in [-0.05, 0) is 132 Å². The first-order valence-corrected chi connectivity index (χ1v) is 21.4. The summed E-state index contributed by atoms with van der Waals surface area (Å²) in [5, 5.41) is 0. The van der Waals surface area contributed by atoms with Crippen molar-refractivity contribution in [3.8, 4) is 22.3 Å². The first-order valence-electron chi connectivity index (χ1n) is 21.4. The molecule has 296 valence electrons. The average Bonchev–Trinajstić information content (AvgIpc) is 3.30. The van der Waals surface area contributed by atoms with Crippen molar-refractivity contribution < 1.29 is 0 Å². The summed E-state index contributed by atoms with van der Waals surface area (Å²) >= 11 is 0. The zero-order chi connectivity index (χ0) is 41.2. The predicted octanol–water partition coefficient (Wildman–Crippen LogP) is 16.4. The molecule has 0 heterocycles. The highest BCUT2D eigenvalue weighted by atomic mass is 15.1. The summed E-state index contributed by atoms with van der Waals surface area (Å²) < 4.78 is 0. The topological polar surface area (TPSA) is 3.24 Å². The summed E-state index contributed by atoms with van der Waals surface area (Å²) in [5.41, 5.74) is 16.0. The van der Waals surface area contributed by atoms with E-state index in [4.69, 9.17) is 0 Å². The van der Waals surface area contributed by atoms with E-state index in [1.54, 1.807) is 0 Å². The summed E-state index contributed by atoms with van der Waals surface area (Å²) in [6, 6.07) is 39.0. The standard InChI is InChI=1S/C58H59N/c1-7-18-46-37-43(3)38-53(39-44(4)58(5,6)42-46)52-27-25-45(26-28-52)40-54(49-23-16-11-17-24-49)41-55(8-2)59(56-33-29-50(30-34-56)47-19-12-9-13-20-47)57-35-31-51(32-36-57)48-21-14-10-15-22-48/h7-16,18-23,25,27-36,38-43,45H,2,17,24,26,37H2,1,3-6H3/b18-7-,44-39+,46-42-,53-38+,54-40-,55-41+. The van der Waals surface area contributed by atoms with Crippen molar-refractivity contribution in [2.24, 2.45) is 17.3 Å². The molecule has 0 saturated heterocycles. The molecule has 4 aromatic carbocycles. The summed E-state index contributed by atoms with van der Waals surface area (Å²) in [6.07, 6.45) is 36.7. The highest BCUT2D eigenvalue weighted by Crippen LogP contribution is 2.38. The molecule has 0 aliphatic heterocycles. The maximum absolute atomic E-state index is 4.41. The number of hydrogen-bond donors (Lipinski definition) is 0. The minimum Gasteiger partial charge on any atom is -0.311 e. The Bertz CT molecular complexity index is 2330. The van der Waals surface area contributed by atoms with Gasteiger partial charge in [0.15, 0.2) is 0 Å². The van der Waals surface area contributed by atoms with Gasteiger partial charge in [0.25, 0.3) is 0 Å². The first kappa shape index (κ1) is 41.0.